The molecule has 6 atom stereocenters. The number of allylic oxidation sites excluding steroid dienone is 2. The summed E-state index contributed by atoms with van der Waals surface area (Å²) in [5, 5.41) is 30.7. The van der Waals surface area contributed by atoms with Crippen LogP contribution < -0.4 is 9.64 Å². The molecule has 11 nitrogen and oxygen atoms in total. The fraction of sp³-hybridized carbons (Fsp3) is 0.345. The van der Waals surface area contributed by atoms with Crippen molar-refractivity contribution in [1.29, 1.82) is 0 Å². The van der Waals surface area contributed by atoms with E-state index < -0.39 is 74.3 Å². The summed E-state index contributed by atoms with van der Waals surface area (Å²) >= 11 is 17.5. The first-order valence-electron chi connectivity index (χ1n) is 13.1. The highest BCUT2D eigenvalue weighted by Gasteiger charge is 2.76. The Labute approximate surface area is 262 Å². The quantitative estimate of drug-likeness (QED) is 0.183. The number of phenols is 2. The van der Waals surface area contributed by atoms with Gasteiger partial charge in [0.05, 0.1) is 30.1 Å². The average Bonchev–Trinajstić information content (AvgIpc) is 3.31. The molecule has 43 heavy (non-hydrogen) atoms. The van der Waals surface area contributed by atoms with Gasteiger partial charge >= 0.3 is 5.97 Å². The number of ether oxygens (including phenoxy) is 1. The fourth-order valence-corrected chi connectivity index (χ4v) is 8.55. The van der Waals surface area contributed by atoms with E-state index >= 15 is 0 Å². The number of fused-ring (bicyclic) bond motifs is 4. The number of carboxylic acids is 1. The van der Waals surface area contributed by atoms with Crippen LogP contribution in [0.15, 0.2) is 48.0 Å². The minimum absolute atomic E-state index is 0.0175. The molecule has 3 N–H and O–H groups in total. The number of benzene rings is 2. The molecule has 0 spiro atoms. The lowest BCUT2D eigenvalue weighted by Crippen LogP contribution is -2.60. The zero-order chi connectivity index (χ0) is 31.2. The second-order valence-electron chi connectivity index (χ2n) is 10.9. The van der Waals surface area contributed by atoms with Gasteiger partial charge in [0.2, 0.25) is 11.8 Å². The predicted molar refractivity (Wildman–Crippen MR) is 156 cm³/mol. The highest BCUT2D eigenvalue weighted by atomic mass is 79.9. The number of nitrogens with zero attached hydrogens (tertiary/aromatic N) is 2. The van der Waals surface area contributed by atoms with Crippen molar-refractivity contribution in [2.75, 3.05) is 17.5 Å². The lowest BCUT2D eigenvalue weighted by atomic mass is 9.56. The number of hydrogen-bond acceptors (Lipinski definition) is 8. The number of para-hydroxylation sites is 1. The zero-order valence-corrected chi connectivity index (χ0v) is 25.4. The van der Waals surface area contributed by atoms with Crippen LogP contribution in [0.1, 0.15) is 34.7 Å². The number of carbonyl (C=O) groups is 5. The maximum Gasteiger partial charge on any atom is 0.339 e. The molecule has 0 bridgehead atoms. The van der Waals surface area contributed by atoms with E-state index in [4.69, 9.17) is 27.9 Å². The highest BCUT2D eigenvalue weighted by Crippen LogP contribution is 2.66. The van der Waals surface area contributed by atoms with Gasteiger partial charge in [-0.2, -0.15) is 0 Å². The van der Waals surface area contributed by atoms with E-state index in [9.17, 15) is 39.3 Å². The Balaban J connectivity index is 1.51. The predicted octanol–water partition coefficient (Wildman–Crippen LogP) is 3.72. The number of methoxy groups -OCH3 is 1. The molecule has 3 fully saturated rings. The third kappa shape index (κ3) is 3.75. The number of carboxylic acid groups (broad SMARTS) is 1. The Hall–Kier alpha value is -3.61. The molecule has 6 rings (SSSR count). The first-order chi connectivity index (χ1) is 20.3. The van der Waals surface area contributed by atoms with Gasteiger partial charge in [-0.25, -0.2) is 9.69 Å². The fourth-order valence-electron chi connectivity index (χ4n) is 7.13. The molecule has 2 saturated heterocycles. The van der Waals surface area contributed by atoms with Gasteiger partial charge in [0.15, 0.2) is 21.2 Å². The molecular weight excluding hydrogens is 671 g/mol. The maximum absolute atomic E-state index is 14.1. The topological polar surface area (TPSA) is 162 Å². The van der Waals surface area contributed by atoms with Crippen molar-refractivity contribution in [3.63, 3.8) is 0 Å². The summed E-state index contributed by atoms with van der Waals surface area (Å²) in [4.78, 5) is 64.3. The second kappa shape index (κ2) is 9.96. The van der Waals surface area contributed by atoms with Gasteiger partial charge in [-0.3, -0.25) is 24.1 Å². The maximum atomic E-state index is 14.1. The molecule has 0 radical (unpaired) electrons. The smallest absolute Gasteiger partial charge is 0.339 e. The number of anilines is 1. The number of phenolic OH excluding ortho intramolecular Hbond substituents is 1. The molecule has 0 aromatic heterocycles. The van der Waals surface area contributed by atoms with E-state index in [1.165, 1.54) is 25.3 Å². The molecule has 2 aliphatic heterocycles. The summed E-state index contributed by atoms with van der Waals surface area (Å²) in [7, 11) is 1.35. The third-order valence-electron chi connectivity index (χ3n) is 9.05. The first-order valence-corrected chi connectivity index (χ1v) is 15.0. The summed E-state index contributed by atoms with van der Waals surface area (Å²) in [5.41, 5.74) is 0.0213. The Kier molecular flexibility index (Phi) is 6.83. The first kappa shape index (κ1) is 29.5. The van der Waals surface area contributed by atoms with Crippen LogP contribution in [-0.2, 0) is 19.2 Å². The van der Waals surface area contributed by atoms with Crippen molar-refractivity contribution in [1.82, 2.24) is 4.90 Å². The van der Waals surface area contributed by atoms with Gasteiger partial charge < -0.3 is 20.1 Å². The van der Waals surface area contributed by atoms with E-state index in [-0.39, 0.29) is 41.0 Å². The third-order valence-corrected chi connectivity index (χ3v) is 11.0. The Morgan fingerprint density at radius 3 is 2.42 bits per heavy atom. The van der Waals surface area contributed by atoms with Gasteiger partial charge in [0.25, 0.3) is 11.8 Å². The van der Waals surface area contributed by atoms with Crippen LogP contribution >= 0.6 is 39.1 Å². The molecule has 2 aromatic rings. The van der Waals surface area contributed by atoms with Gasteiger partial charge in [0.1, 0.15) is 11.3 Å². The number of rotatable bonds is 5. The number of halogens is 3. The molecule has 2 heterocycles. The van der Waals surface area contributed by atoms with Crippen LogP contribution in [0.5, 0.6) is 17.2 Å². The number of carbonyl (C=O) groups excluding carboxylic acids is 4. The van der Waals surface area contributed by atoms with Gasteiger partial charge in [-0.05, 0) is 37.0 Å². The van der Waals surface area contributed by atoms with Gasteiger partial charge in [-0.1, -0.05) is 39.7 Å². The summed E-state index contributed by atoms with van der Waals surface area (Å²) < 4.78 is 5.29. The summed E-state index contributed by atoms with van der Waals surface area (Å²) in [6, 6.07) is 8.00. The summed E-state index contributed by atoms with van der Waals surface area (Å²) in [6.07, 6.45) is 1.53. The summed E-state index contributed by atoms with van der Waals surface area (Å²) in [6.45, 7) is 0. The average molecular weight is 694 g/mol. The standard InChI is InChI=1S/C29H23BrCl2N2O9/c1-43-19-4-2-3-16(22(19)36)21-13-7-8-15-20(17(13)10-28(31)26(41)33(11-30)27(42)29(21,28)32)24(38)34(23(15)37)12-5-6-14(25(39)40)18(35)9-12/h2-7,9,15,17,20-21,35-36H,8,10-11H2,1H3,(H,39,40). The van der Waals surface area contributed by atoms with Crippen LogP contribution in [0.3, 0.4) is 0 Å². The summed E-state index contributed by atoms with van der Waals surface area (Å²) in [5.74, 6) is -8.93. The Morgan fingerprint density at radius 1 is 1.07 bits per heavy atom. The normalized spacial score (nSPS) is 31.5. The highest BCUT2D eigenvalue weighted by molar-refractivity contribution is 9.09. The SMILES string of the molecule is COc1cccc(C2C3=CCC4C(=O)N(c5ccc(C(=O)O)c(O)c5)C(=O)C4C3CC3(Cl)C(=O)N(CBr)C(=O)C23Cl)c1O. The Morgan fingerprint density at radius 2 is 1.79 bits per heavy atom. The van der Waals surface area contributed by atoms with E-state index in [0.717, 1.165) is 21.9 Å². The lowest BCUT2D eigenvalue weighted by molar-refractivity contribution is -0.138. The lowest BCUT2D eigenvalue weighted by Gasteiger charge is -2.50. The van der Waals surface area contributed by atoms with Gasteiger partial charge in [-0.15, -0.1) is 23.2 Å². The number of likely N-dealkylation sites (tertiary alicyclic amines) is 1. The molecule has 14 heteroatoms. The molecule has 4 amide bonds. The zero-order valence-electron chi connectivity index (χ0n) is 22.3. The molecule has 224 valence electrons. The number of hydrogen-bond donors (Lipinski definition) is 3. The number of imide groups is 2. The van der Waals surface area contributed by atoms with E-state index in [1.54, 1.807) is 12.1 Å². The molecule has 4 aliphatic rings. The molecular formula is C29H23BrCl2N2O9. The van der Waals surface area contributed by atoms with Crippen LogP contribution in [0.4, 0.5) is 5.69 Å². The van der Waals surface area contributed by atoms with Crippen molar-refractivity contribution in [2.45, 2.75) is 28.5 Å². The van der Waals surface area contributed by atoms with Crippen molar-refractivity contribution in [2.24, 2.45) is 17.8 Å². The number of alkyl halides is 3. The molecule has 2 aliphatic carbocycles. The van der Waals surface area contributed by atoms with Crippen molar-refractivity contribution in [3.8, 4) is 17.2 Å². The van der Waals surface area contributed by atoms with Crippen molar-refractivity contribution in [3.05, 3.63) is 59.2 Å². The Bertz CT molecular complexity index is 1680. The molecule has 2 aromatic carbocycles. The largest absolute Gasteiger partial charge is 0.507 e. The van der Waals surface area contributed by atoms with Crippen LogP contribution in [0.2, 0.25) is 0 Å². The van der Waals surface area contributed by atoms with E-state index in [0.29, 0.717) is 5.57 Å². The van der Waals surface area contributed by atoms with Gasteiger partial charge in [0, 0.05) is 17.5 Å². The number of amides is 4. The van der Waals surface area contributed by atoms with E-state index in [1.807, 2.05) is 0 Å². The minimum Gasteiger partial charge on any atom is -0.507 e. The van der Waals surface area contributed by atoms with Crippen molar-refractivity contribution < 1.29 is 44.0 Å². The molecule has 1 saturated carbocycles. The minimum atomic E-state index is -2.10. The van der Waals surface area contributed by atoms with Crippen molar-refractivity contribution >= 4 is 74.4 Å². The van der Waals surface area contributed by atoms with Crippen LogP contribution in [0, 0.1) is 17.8 Å². The number of aromatic hydroxyl groups is 2. The second-order valence-corrected chi connectivity index (χ2v) is 12.6. The van der Waals surface area contributed by atoms with Crippen LogP contribution in [-0.4, -0.2) is 72.1 Å². The number of aromatic carboxylic acids is 1. The molecule has 6 unspecified atom stereocenters. The monoisotopic (exact) mass is 692 g/mol. The van der Waals surface area contributed by atoms with E-state index in [2.05, 4.69) is 15.9 Å². The van der Waals surface area contributed by atoms with Crippen LogP contribution in [0.25, 0.3) is 0 Å².